The number of carbonyl (C=O) groups is 1. The molecule has 0 atom stereocenters. The van der Waals surface area contributed by atoms with Gasteiger partial charge in [0.15, 0.2) is 11.6 Å². The summed E-state index contributed by atoms with van der Waals surface area (Å²) in [4.78, 5) is 29.4. The minimum absolute atomic E-state index is 0.0777. The molecule has 1 saturated carbocycles. The Morgan fingerprint density at radius 3 is 2.75 bits per heavy atom. The van der Waals surface area contributed by atoms with E-state index in [-0.39, 0.29) is 11.1 Å². The zero-order valence-electron chi connectivity index (χ0n) is 12.9. The number of nitrogens with one attached hydrogen (secondary N) is 2. The van der Waals surface area contributed by atoms with Crippen molar-refractivity contribution < 1.29 is 13.6 Å². The van der Waals surface area contributed by atoms with Crippen molar-refractivity contribution in [2.24, 2.45) is 5.41 Å². The molecule has 1 amide bonds. The van der Waals surface area contributed by atoms with Gasteiger partial charge >= 0.3 is 0 Å². The number of carbonyl (C=O) groups excluding carboxylic acids is 1. The smallest absolute Gasteiger partial charge is 0.269 e. The number of hydrogen-bond acceptors (Lipinski definition) is 3. The summed E-state index contributed by atoms with van der Waals surface area (Å²) in [5.41, 5.74) is -0.345. The lowest BCUT2D eigenvalue weighted by atomic mass is 9.65. The van der Waals surface area contributed by atoms with Crippen molar-refractivity contribution >= 4 is 5.91 Å². The zero-order valence-corrected chi connectivity index (χ0v) is 12.9. The van der Waals surface area contributed by atoms with Crippen LogP contribution in [0.4, 0.5) is 8.78 Å². The number of hydrogen-bond donors (Lipinski definition) is 2. The van der Waals surface area contributed by atoms with Gasteiger partial charge < -0.3 is 10.3 Å². The van der Waals surface area contributed by atoms with Gasteiger partial charge in [0.05, 0.1) is 12.4 Å². The van der Waals surface area contributed by atoms with Crippen molar-refractivity contribution in [1.82, 2.24) is 15.3 Å². The van der Waals surface area contributed by atoms with E-state index in [0.29, 0.717) is 18.5 Å². The SMILES string of the molecule is O=C(NCC1(Cc2cccc(F)c2F)CCC1)c1cncc(=O)[nH]1. The maximum Gasteiger partial charge on any atom is 0.269 e. The molecule has 0 bridgehead atoms. The van der Waals surface area contributed by atoms with E-state index in [4.69, 9.17) is 0 Å². The molecule has 1 aliphatic carbocycles. The molecular weight excluding hydrogens is 316 g/mol. The minimum Gasteiger partial charge on any atom is -0.350 e. The van der Waals surface area contributed by atoms with Gasteiger partial charge in [-0.3, -0.25) is 14.6 Å². The monoisotopic (exact) mass is 333 g/mol. The number of amides is 1. The molecule has 1 aromatic carbocycles. The lowest BCUT2D eigenvalue weighted by Gasteiger charge is -2.42. The summed E-state index contributed by atoms with van der Waals surface area (Å²) >= 11 is 0. The van der Waals surface area contributed by atoms with E-state index in [1.165, 1.54) is 12.3 Å². The number of nitrogens with zero attached hydrogens (tertiary/aromatic N) is 1. The van der Waals surface area contributed by atoms with Gasteiger partial charge in [-0.25, -0.2) is 8.78 Å². The molecule has 3 rings (SSSR count). The lowest BCUT2D eigenvalue weighted by Crippen LogP contribution is -2.44. The van der Waals surface area contributed by atoms with Crippen molar-refractivity contribution in [3.63, 3.8) is 0 Å². The standard InChI is InChI=1S/C17H17F2N3O2/c18-12-4-1-3-11(15(12)19)7-17(5-2-6-17)10-21-16(24)13-8-20-9-14(23)22-13/h1,3-4,8-9H,2,5-7,10H2,(H,21,24)(H,22,23). The predicted octanol–water partition coefficient (Wildman–Crippen LogP) is 2.19. The van der Waals surface area contributed by atoms with E-state index in [9.17, 15) is 18.4 Å². The average Bonchev–Trinajstić information content (AvgIpc) is 2.53. The summed E-state index contributed by atoms with van der Waals surface area (Å²) in [6.07, 6.45) is 5.35. The Kier molecular flexibility index (Phi) is 4.42. The third kappa shape index (κ3) is 3.34. The van der Waals surface area contributed by atoms with E-state index < -0.39 is 23.1 Å². The van der Waals surface area contributed by atoms with Gasteiger partial charge in [-0.1, -0.05) is 18.6 Å². The number of aromatic nitrogens is 2. The van der Waals surface area contributed by atoms with E-state index in [0.717, 1.165) is 31.5 Å². The predicted molar refractivity (Wildman–Crippen MR) is 83.5 cm³/mol. The van der Waals surface area contributed by atoms with Crippen molar-refractivity contribution in [2.75, 3.05) is 6.54 Å². The molecule has 0 unspecified atom stereocenters. The fourth-order valence-corrected chi connectivity index (χ4v) is 3.04. The molecule has 0 radical (unpaired) electrons. The highest BCUT2D eigenvalue weighted by atomic mass is 19.2. The molecule has 1 aromatic heterocycles. The molecule has 0 saturated heterocycles. The van der Waals surface area contributed by atoms with Crippen molar-refractivity contribution in [3.8, 4) is 0 Å². The Labute approximate surface area is 137 Å². The quantitative estimate of drug-likeness (QED) is 0.881. The highest BCUT2D eigenvalue weighted by Crippen LogP contribution is 2.43. The van der Waals surface area contributed by atoms with Gasteiger partial charge in [-0.15, -0.1) is 0 Å². The molecule has 0 aliphatic heterocycles. The topological polar surface area (TPSA) is 74.8 Å². The van der Waals surface area contributed by atoms with Crippen LogP contribution in [-0.2, 0) is 6.42 Å². The molecule has 1 aliphatic rings. The summed E-state index contributed by atoms with van der Waals surface area (Å²) in [6.45, 7) is 0.332. The summed E-state index contributed by atoms with van der Waals surface area (Å²) in [7, 11) is 0. The van der Waals surface area contributed by atoms with Crippen LogP contribution >= 0.6 is 0 Å². The Balaban J connectivity index is 1.69. The first kappa shape index (κ1) is 16.3. The van der Waals surface area contributed by atoms with Crippen molar-refractivity contribution in [3.05, 3.63) is 63.8 Å². The second-order valence-electron chi connectivity index (χ2n) is 6.24. The Morgan fingerprint density at radius 2 is 2.08 bits per heavy atom. The van der Waals surface area contributed by atoms with E-state index >= 15 is 0 Å². The van der Waals surface area contributed by atoms with Crippen LogP contribution in [-0.4, -0.2) is 22.4 Å². The number of H-pyrrole nitrogens is 1. The molecule has 7 heteroatoms. The van der Waals surface area contributed by atoms with Crippen LogP contribution in [0.25, 0.3) is 0 Å². The van der Waals surface area contributed by atoms with Gasteiger partial charge in [0.1, 0.15) is 5.69 Å². The number of rotatable bonds is 5. The van der Waals surface area contributed by atoms with Gasteiger partial charge in [-0.2, -0.15) is 0 Å². The summed E-state index contributed by atoms with van der Waals surface area (Å²) in [6, 6.07) is 4.14. The van der Waals surface area contributed by atoms with Gasteiger partial charge in [0, 0.05) is 6.54 Å². The molecule has 0 spiro atoms. The highest BCUT2D eigenvalue weighted by Gasteiger charge is 2.38. The van der Waals surface area contributed by atoms with Crippen molar-refractivity contribution in [1.29, 1.82) is 0 Å². The first-order chi connectivity index (χ1) is 11.5. The normalized spacial score (nSPS) is 15.6. The van der Waals surface area contributed by atoms with Crippen LogP contribution in [0.3, 0.4) is 0 Å². The molecule has 24 heavy (non-hydrogen) atoms. The van der Waals surface area contributed by atoms with E-state index in [1.807, 2.05) is 0 Å². The third-order valence-electron chi connectivity index (χ3n) is 4.53. The molecule has 126 valence electrons. The highest BCUT2D eigenvalue weighted by molar-refractivity contribution is 5.91. The minimum atomic E-state index is -0.862. The van der Waals surface area contributed by atoms with Gasteiger partial charge in [0.2, 0.25) is 0 Å². The summed E-state index contributed by atoms with van der Waals surface area (Å²) in [5.74, 6) is -2.13. The van der Waals surface area contributed by atoms with Crippen LogP contribution in [0.2, 0.25) is 0 Å². The second kappa shape index (κ2) is 6.51. The molecule has 2 N–H and O–H groups in total. The average molecular weight is 333 g/mol. The van der Waals surface area contributed by atoms with Crippen LogP contribution < -0.4 is 10.9 Å². The van der Waals surface area contributed by atoms with Crippen LogP contribution in [0.1, 0.15) is 35.3 Å². The molecule has 5 nitrogen and oxygen atoms in total. The van der Waals surface area contributed by atoms with Crippen LogP contribution in [0.5, 0.6) is 0 Å². The maximum atomic E-state index is 13.9. The number of halogens is 2. The first-order valence-electron chi connectivity index (χ1n) is 7.75. The fourth-order valence-electron chi connectivity index (χ4n) is 3.04. The number of benzene rings is 1. The van der Waals surface area contributed by atoms with Crippen LogP contribution in [0.15, 0.2) is 35.4 Å². The second-order valence-corrected chi connectivity index (χ2v) is 6.24. The molecular formula is C17H17F2N3O2. The molecule has 1 fully saturated rings. The van der Waals surface area contributed by atoms with Gasteiger partial charge in [-0.05, 0) is 36.3 Å². The Hall–Kier alpha value is -2.57. The van der Waals surface area contributed by atoms with E-state index in [1.54, 1.807) is 6.07 Å². The summed E-state index contributed by atoms with van der Waals surface area (Å²) < 4.78 is 27.3. The Morgan fingerprint density at radius 1 is 1.29 bits per heavy atom. The fraction of sp³-hybridized carbons (Fsp3) is 0.353. The Bertz CT molecular complexity index is 815. The third-order valence-corrected chi connectivity index (χ3v) is 4.53. The lowest BCUT2D eigenvalue weighted by molar-refractivity contribution is 0.0852. The molecule has 2 aromatic rings. The summed E-state index contributed by atoms with van der Waals surface area (Å²) in [5, 5.41) is 2.76. The largest absolute Gasteiger partial charge is 0.350 e. The van der Waals surface area contributed by atoms with E-state index in [2.05, 4.69) is 15.3 Å². The molecule has 1 heterocycles. The zero-order chi connectivity index (χ0) is 17.2. The van der Waals surface area contributed by atoms with Crippen LogP contribution in [0, 0.1) is 17.0 Å². The maximum absolute atomic E-state index is 13.9. The first-order valence-corrected chi connectivity index (χ1v) is 7.75. The number of aromatic amines is 1. The van der Waals surface area contributed by atoms with Crippen molar-refractivity contribution in [2.45, 2.75) is 25.7 Å². The van der Waals surface area contributed by atoms with Gasteiger partial charge in [0.25, 0.3) is 11.5 Å².